The molecule has 0 radical (unpaired) electrons. The fourth-order valence-electron chi connectivity index (χ4n) is 2.04. The first-order valence-corrected chi connectivity index (χ1v) is 8.20. The van der Waals surface area contributed by atoms with Crippen molar-refractivity contribution in [1.29, 1.82) is 0 Å². The van der Waals surface area contributed by atoms with Crippen LogP contribution in [0.15, 0.2) is 0 Å². The number of hydrogen-bond donors (Lipinski definition) is 0. The lowest BCUT2D eigenvalue weighted by molar-refractivity contribution is -0.139. The Bertz CT molecular complexity index is 359. The summed E-state index contributed by atoms with van der Waals surface area (Å²) in [5.74, 6) is 0.571. The lowest BCUT2D eigenvalue weighted by Crippen LogP contribution is -2.34. The number of likely N-dealkylation sites (tertiary alicyclic amines) is 1. The van der Waals surface area contributed by atoms with Crippen LogP contribution in [-0.2, 0) is 19.1 Å². The van der Waals surface area contributed by atoms with Crippen LogP contribution in [0.4, 0.5) is 0 Å². The average molecular weight is 301 g/mol. The van der Waals surface area contributed by atoms with Gasteiger partial charge >= 0.3 is 0 Å². The molecule has 0 bridgehead atoms. The molecule has 1 fully saturated rings. The van der Waals surface area contributed by atoms with Crippen LogP contribution in [0.5, 0.6) is 0 Å². The van der Waals surface area contributed by atoms with Gasteiger partial charge in [0.2, 0.25) is 11.8 Å². The Labute approximate surface area is 124 Å². The molecule has 1 aliphatic heterocycles. The molecule has 20 heavy (non-hydrogen) atoms. The highest BCUT2D eigenvalue weighted by atomic mass is 32.2. The topological polar surface area (TPSA) is 63.7 Å². The van der Waals surface area contributed by atoms with E-state index >= 15 is 0 Å². The van der Waals surface area contributed by atoms with Crippen LogP contribution in [0.2, 0.25) is 0 Å². The van der Waals surface area contributed by atoms with Gasteiger partial charge in [0.05, 0.1) is 18.4 Å². The van der Waals surface area contributed by atoms with Crippen LogP contribution in [0.1, 0.15) is 39.5 Å². The molecule has 0 aromatic carbocycles. The molecule has 1 unspecified atom stereocenters. The van der Waals surface area contributed by atoms with E-state index in [4.69, 9.17) is 4.74 Å². The number of thioether (sulfide) groups is 1. The average Bonchev–Trinajstić information content (AvgIpc) is 2.67. The maximum Gasteiger partial charge on any atom is 0.242 e. The number of carbonyl (C=O) groups is 3. The van der Waals surface area contributed by atoms with E-state index in [-0.39, 0.29) is 29.3 Å². The molecular formula is C14H23NO4S. The summed E-state index contributed by atoms with van der Waals surface area (Å²) in [6.07, 6.45) is 2.18. The number of rotatable bonds is 10. The Hall–Kier alpha value is -0.880. The van der Waals surface area contributed by atoms with E-state index < -0.39 is 0 Å². The van der Waals surface area contributed by atoms with Crippen molar-refractivity contribution in [2.75, 3.05) is 25.5 Å². The number of nitrogens with zero attached hydrogens (tertiary/aromatic N) is 1. The van der Waals surface area contributed by atoms with Gasteiger partial charge in [-0.2, -0.15) is 0 Å². The predicted octanol–water partition coefficient (Wildman–Crippen LogP) is 1.64. The smallest absolute Gasteiger partial charge is 0.242 e. The van der Waals surface area contributed by atoms with Crippen LogP contribution < -0.4 is 0 Å². The zero-order chi connectivity index (χ0) is 15.0. The predicted molar refractivity (Wildman–Crippen MR) is 78.6 cm³/mol. The normalized spacial score (nSPS) is 18.9. The van der Waals surface area contributed by atoms with Crippen LogP contribution in [-0.4, -0.2) is 53.3 Å². The first kappa shape index (κ1) is 17.2. The van der Waals surface area contributed by atoms with Gasteiger partial charge in [0.1, 0.15) is 5.78 Å². The molecule has 1 heterocycles. The SMILES string of the molecule is CCCC(=O)CCSC1CC(=O)N(CCOCC)C1=O. The molecule has 0 spiro atoms. The quantitative estimate of drug-likeness (QED) is 0.453. The van der Waals surface area contributed by atoms with E-state index in [9.17, 15) is 14.4 Å². The summed E-state index contributed by atoms with van der Waals surface area (Å²) in [6.45, 7) is 5.14. The monoisotopic (exact) mass is 301 g/mol. The second kappa shape index (κ2) is 9.13. The highest BCUT2D eigenvalue weighted by Gasteiger charge is 2.38. The van der Waals surface area contributed by atoms with Crippen molar-refractivity contribution in [2.24, 2.45) is 0 Å². The molecule has 114 valence electrons. The van der Waals surface area contributed by atoms with Crippen molar-refractivity contribution in [1.82, 2.24) is 4.90 Å². The number of carbonyl (C=O) groups excluding carboxylic acids is 3. The molecule has 1 saturated heterocycles. The van der Waals surface area contributed by atoms with Crippen molar-refractivity contribution in [2.45, 2.75) is 44.8 Å². The van der Waals surface area contributed by atoms with Crippen LogP contribution in [0.3, 0.4) is 0 Å². The molecule has 1 atom stereocenters. The zero-order valence-electron chi connectivity index (χ0n) is 12.2. The van der Waals surface area contributed by atoms with Crippen molar-refractivity contribution in [3.8, 4) is 0 Å². The molecule has 1 aliphatic rings. The zero-order valence-corrected chi connectivity index (χ0v) is 13.0. The Kier molecular flexibility index (Phi) is 7.84. The van der Waals surface area contributed by atoms with E-state index in [2.05, 4.69) is 0 Å². The number of Topliss-reactive ketones (excluding diaryl/α,β-unsaturated/α-hetero) is 1. The van der Waals surface area contributed by atoms with Gasteiger partial charge < -0.3 is 4.74 Å². The second-order valence-corrected chi connectivity index (χ2v) is 5.99. The third-order valence-electron chi connectivity index (χ3n) is 3.09. The summed E-state index contributed by atoms with van der Waals surface area (Å²) in [5, 5.41) is -0.321. The number of imide groups is 1. The molecule has 2 amide bonds. The van der Waals surface area contributed by atoms with Crippen molar-refractivity contribution in [3.63, 3.8) is 0 Å². The summed E-state index contributed by atoms with van der Waals surface area (Å²) in [5.41, 5.74) is 0. The third kappa shape index (κ3) is 5.25. The van der Waals surface area contributed by atoms with E-state index in [1.54, 1.807) is 0 Å². The molecule has 6 heteroatoms. The van der Waals surface area contributed by atoms with Crippen LogP contribution in [0, 0.1) is 0 Å². The number of ether oxygens (including phenoxy) is 1. The fraction of sp³-hybridized carbons (Fsp3) is 0.786. The van der Waals surface area contributed by atoms with Gasteiger partial charge in [-0.15, -0.1) is 11.8 Å². The van der Waals surface area contributed by atoms with Crippen molar-refractivity contribution >= 4 is 29.4 Å². The minimum absolute atomic E-state index is 0.132. The maximum absolute atomic E-state index is 12.1. The number of amides is 2. The number of hydrogen-bond acceptors (Lipinski definition) is 5. The minimum Gasteiger partial charge on any atom is -0.380 e. The Morgan fingerprint density at radius 2 is 2.10 bits per heavy atom. The first-order valence-electron chi connectivity index (χ1n) is 7.15. The summed E-state index contributed by atoms with van der Waals surface area (Å²) in [7, 11) is 0. The third-order valence-corrected chi connectivity index (χ3v) is 4.31. The number of ketones is 1. The highest BCUT2D eigenvalue weighted by molar-refractivity contribution is 8.00. The van der Waals surface area contributed by atoms with Gasteiger partial charge in [-0.1, -0.05) is 6.92 Å². The van der Waals surface area contributed by atoms with Gasteiger partial charge in [0.25, 0.3) is 0 Å². The van der Waals surface area contributed by atoms with Gasteiger partial charge in [0.15, 0.2) is 0 Å². The molecule has 0 aromatic heterocycles. The van der Waals surface area contributed by atoms with E-state index in [0.717, 1.165) is 6.42 Å². The molecule has 0 saturated carbocycles. The largest absolute Gasteiger partial charge is 0.380 e. The molecule has 0 aliphatic carbocycles. The fourth-order valence-corrected chi connectivity index (χ4v) is 3.20. The van der Waals surface area contributed by atoms with Gasteiger partial charge in [-0.3, -0.25) is 19.3 Å². The molecule has 0 N–H and O–H groups in total. The van der Waals surface area contributed by atoms with Gasteiger partial charge in [-0.05, 0) is 13.3 Å². The summed E-state index contributed by atoms with van der Waals surface area (Å²) in [6, 6.07) is 0. The van der Waals surface area contributed by atoms with Gasteiger partial charge in [-0.25, -0.2) is 0 Å². The van der Waals surface area contributed by atoms with E-state index in [0.29, 0.717) is 38.4 Å². The maximum atomic E-state index is 12.1. The molecule has 1 rings (SSSR count). The second-order valence-electron chi connectivity index (χ2n) is 4.68. The van der Waals surface area contributed by atoms with E-state index in [1.807, 2.05) is 13.8 Å². The Morgan fingerprint density at radius 3 is 2.75 bits per heavy atom. The first-order chi connectivity index (χ1) is 9.60. The highest BCUT2D eigenvalue weighted by Crippen LogP contribution is 2.25. The van der Waals surface area contributed by atoms with Crippen molar-refractivity contribution < 1.29 is 19.1 Å². The lowest BCUT2D eigenvalue weighted by Gasteiger charge is -2.14. The summed E-state index contributed by atoms with van der Waals surface area (Å²) in [4.78, 5) is 36.5. The Morgan fingerprint density at radius 1 is 1.35 bits per heavy atom. The molecule has 0 aromatic rings. The van der Waals surface area contributed by atoms with Gasteiger partial charge in [0, 0.05) is 31.6 Å². The lowest BCUT2D eigenvalue weighted by atomic mass is 10.2. The summed E-state index contributed by atoms with van der Waals surface area (Å²) < 4.78 is 5.17. The minimum atomic E-state index is -0.321. The molecular weight excluding hydrogens is 278 g/mol. The van der Waals surface area contributed by atoms with Crippen molar-refractivity contribution in [3.05, 3.63) is 0 Å². The van der Waals surface area contributed by atoms with Crippen LogP contribution in [0.25, 0.3) is 0 Å². The van der Waals surface area contributed by atoms with Crippen LogP contribution >= 0.6 is 11.8 Å². The summed E-state index contributed by atoms with van der Waals surface area (Å²) >= 11 is 1.42. The molecule has 5 nitrogen and oxygen atoms in total. The Balaban J connectivity index is 2.32. The standard InChI is InChI=1S/C14H23NO4S/c1-3-5-11(16)6-9-20-12-10-13(17)15(14(12)18)7-8-19-4-2/h12H,3-10H2,1-2H3. The van der Waals surface area contributed by atoms with E-state index in [1.165, 1.54) is 16.7 Å².